The van der Waals surface area contributed by atoms with Gasteiger partial charge in [-0.1, -0.05) is 12.1 Å². The van der Waals surface area contributed by atoms with Crippen LogP contribution in [0.1, 0.15) is 22.4 Å². The van der Waals surface area contributed by atoms with Crippen LogP contribution in [-0.2, 0) is 7.05 Å². The van der Waals surface area contributed by atoms with Crippen LogP contribution in [0.15, 0.2) is 47.0 Å². The Balaban J connectivity index is 1.72. The standard InChI is InChI=1S/C17H18N2O4/c1-19-8-4-6-12(19)13(20)10-18-17(21)15-9-11-5-3-7-14(22-2)16(11)23-15/h3-9,13,20H,10H2,1-2H3,(H,18,21)/t13-/m1/s1. The van der Waals surface area contributed by atoms with Crippen LogP contribution in [0, 0.1) is 0 Å². The van der Waals surface area contributed by atoms with Crippen molar-refractivity contribution in [2.75, 3.05) is 13.7 Å². The number of methoxy groups -OCH3 is 1. The number of hydrogen-bond donors (Lipinski definition) is 2. The molecule has 0 unspecified atom stereocenters. The number of aliphatic hydroxyl groups excluding tert-OH is 1. The summed E-state index contributed by atoms with van der Waals surface area (Å²) in [6.45, 7) is 0.102. The van der Waals surface area contributed by atoms with E-state index >= 15 is 0 Å². The molecule has 120 valence electrons. The van der Waals surface area contributed by atoms with Crippen molar-refractivity contribution >= 4 is 16.9 Å². The number of aromatic nitrogens is 1. The number of ether oxygens (including phenoxy) is 1. The van der Waals surface area contributed by atoms with Crippen LogP contribution in [0.2, 0.25) is 0 Å². The molecule has 0 aliphatic rings. The van der Waals surface area contributed by atoms with Crippen molar-refractivity contribution in [3.05, 3.63) is 54.0 Å². The average molecular weight is 314 g/mol. The molecule has 1 atom stereocenters. The van der Waals surface area contributed by atoms with E-state index in [-0.39, 0.29) is 18.2 Å². The van der Waals surface area contributed by atoms with Crippen LogP contribution >= 0.6 is 0 Å². The van der Waals surface area contributed by atoms with Crippen LogP contribution in [0.4, 0.5) is 0 Å². The number of nitrogens with zero attached hydrogens (tertiary/aromatic N) is 1. The van der Waals surface area contributed by atoms with Crippen molar-refractivity contribution in [2.24, 2.45) is 7.05 Å². The van der Waals surface area contributed by atoms with Gasteiger partial charge in [-0.3, -0.25) is 4.79 Å². The zero-order valence-electron chi connectivity index (χ0n) is 12.9. The molecule has 0 fully saturated rings. The van der Waals surface area contributed by atoms with E-state index in [2.05, 4.69) is 5.32 Å². The van der Waals surface area contributed by atoms with E-state index < -0.39 is 6.10 Å². The first kappa shape index (κ1) is 15.2. The van der Waals surface area contributed by atoms with Crippen LogP contribution in [0.3, 0.4) is 0 Å². The fourth-order valence-electron chi connectivity index (χ4n) is 2.51. The minimum Gasteiger partial charge on any atom is -0.493 e. The van der Waals surface area contributed by atoms with Gasteiger partial charge in [0.05, 0.1) is 7.11 Å². The highest BCUT2D eigenvalue weighted by molar-refractivity contribution is 5.97. The molecule has 2 N–H and O–H groups in total. The summed E-state index contributed by atoms with van der Waals surface area (Å²) < 4.78 is 12.6. The number of rotatable bonds is 5. The molecule has 3 rings (SSSR count). The molecular weight excluding hydrogens is 296 g/mol. The Hall–Kier alpha value is -2.73. The van der Waals surface area contributed by atoms with E-state index in [4.69, 9.17) is 9.15 Å². The maximum absolute atomic E-state index is 12.2. The lowest BCUT2D eigenvalue weighted by Gasteiger charge is -2.12. The second kappa shape index (κ2) is 6.18. The summed E-state index contributed by atoms with van der Waals surface area (Å²) in [6.07, 6.45) is 1.06. The number of nitrogens with one attached hydrogen (secondary N) is 1. The fourth-order valence-corrected chi connectivity index (χ4v) is 2.51. The first-order chi connectivity index (χ1) is 11.1. The topological polar surface area (TPSA) is 76.6 Å². The summed E-state index contributed by atoms with van der Waals surface area (Å²) in [7, 11) is 3.39. The number of para-hydroxylation sites is 1. The van der Waals surface area contributed by atoms with E-state index in [1.54, 1.807) is 19.2 Å². The average Bonchev–Trinajstić information content (AvgIpc) is 3.17. The van der Waals surface area contributed by atoms with E-state index in [1.165, 1.54) is 0 Å². The minimum absolute atomic E-state index is 0.102. The number of aliphatic hydroxyl groups is 1. The molecule has 3 aromatic rings. The van der Waals surface area contributed by atoms with Crippen molar-refractivity contribution in [1.82, 2.24) is 9.88 Å². The van der Waals surface area contributed by atoms with Crippen molar-refractivity contribution in [3.63, 3.8) is 0 Å². The molecule has 0 aliphatic carbocycles. The molecule has 0 radical (unpaired) electrons. The Kier molecular flexibility index (Phi) is 4.08. The van der Waals surface area contributed by atoms with Gasteiger partial charge in [-0.25, -0.2) is 0 Å². The summed E-state index contributed by atoms with van der Waals surface area (Å²) in [5.74, 6) is 0.380. The molecule has 0 saturated carbocycles. The monoisotopic (exact) mass is 314 g/mol. The molecule has 0 saturated heterocycles. The van der Waals surface area contributed by atoms with Crippen LogP contribution in [0.25, 0.3) is 11.0 Å². The van der Waals surface area contributed by atoms with Crippen LogP contribution in [0.5, 0.6) is 5.75 Å². The highest BCUT2D eigenvalue weighted by atomic mass is 16.5. The quantitative estimate of drug-likeness (QED) is 0.757. The normalized spacial score (nSPS) is 12.3. The van der Waals surface area contributed by atoms with Gasteiger partial charge in [0.1, 0.15) is 6.10 Å². The molecule has 1 amide bonds. The smallest absolute Gasteiger partial charge is 0.287 e. The summed E-state index contributed by atoms with van der Waals surface area (Å²) in [5.41, 5.74) is 1.26. The third-order valence-corrected chi connectivity index (χ3v) is 3.73. The number of furan rings is 1. The lowest BCUT2D eigenvalue weighted by molar-refractivity contribution is 0.0887. The van der Waals surface area contributed by atoms with E-state index in [0.717, 1.165) is 11.1 Å². The molecule has 23 heavy (non-hydrogen) atoms. The van der Waals surface area contributed by atoms with E-state index in [0.29, 0.717) is 11.3 Å². The van der Waals surface area contributed by atoms with Crippen molar-refractivity contribution < 1.29 is 19.1 Å². The molecular formula is C17H18N2O4. The zero-order chi connectivity index (χ0) is 16.4. The molecule has 6 heteroatoms. The lowest BCUT2D eigenvalue weighted by Crippen LogP contribution is -2.28. The number of amides is 1. The molecule has 2 heterocycles. The van der Waals surface area contributed by atoms with Crippen molar-refractivity contribution in [3.8, 4) is 5.75 Å². The van der Waals surface area contributed by atoms with Crippen molar-refractivity contribution in [1.29, 1.82) is 0 Å². The van der Waals surface area contributed by atoms with Gasteiger partial charge in [-0.05, 0) is 24.3 Å². The fraction of sp³-hybridized carbons (Fsp3) is 0.235. The Morgan fingerprint density at radius 1 is 1.39 bits per heavy atom. The summed E-state index contributed by atoms with van der Waals surface area (Å²) in [6, 6.07) is 10.7. The second-order valence-corrected chi connectivity index (χ2v) is 5.26. The predicted octanol–water partition coefficient (Wildman–Crippen LogP) is 2.24. The zero-order valence-corrected chi connectivity index (χ0v) is 12.9. The Bertz CT molecular complexity index is 834. The molecule has 2 aromatic heterocycles. The largest absolute Gasteiger partial charge is 0.493 e. The number of carbonyl (C=O) groups excluding carboxylic acids is 1. The number of hydrogen-bond acceptors (Lipinski definition) is 4. The van der Waals surface area contributed by atoms with Gasteiger partial charge < -0.3 is 24.1 Å². The molecule has 0 bridgehead atoms. The Morgan fingerprint density at radius 2 is 2.22 bits per heavy atom. The van der Waals surface area contributed by atoms with Gasteiger partial charge in [-0.2, -0.15) is 0 Å². The van der Waals surface area contributed by atoms with Crippen molar-refractivity contribution in [2.45, 2.75) is 6.10 Å². The summed E-state index contributed by atoms with van der Waals surface area (Å²) in [4.78, 5) is 12.2. The number of benzene rings is 1. The first-order valence-corrected chi connectivity index (χ1v) is 7.24. The Morgan fingerprint density at radius 3 is 2.91 bits per heavy atom. The Labute approximate surface area is 133 Å². The van der Waals surface area contributed by atoms with Gasteiger partial charge in [0, 0.05) is 30.9 Å². The SMILES string of the molecule is COc1cccc2cc(C(=O)NC[C@@H](O)c3cccn3C)oc12. The van der Waals surface area contributed by atoms with Gasteiger partial charge in [0.2, 0.25) is 0 Å². The second-order valence-electron chi connectivity index (χ2n) is 5.26. The number of fused-ring (bicyclic) bond motifs is 1. The van der Waals surface area contributed by atoms with Gasteiger partial charge in [-0.15, -0.1) is 0 Å². The number of carbonyl (C=O) groups is 1. The maximum atomic E-state index is 12.2. The summed E-state index contributed by atoms with van der Waals surface area (Å²) >= 11 is 0. The highest BCUT2D eigenvalue weighted by Crippen LogP contribution is 2.28. The summed E-state index contributed by atoms with van der Waals surface area (Å²) in [5, 5.41) is 13.6. The van der Waals surface area contributed by atoms with Crippen LogP contribution < -0.4 is 10.1 Å². The predicted molar refractivity (Wildman–Crippen MR) is 85.5 cm³/mol. The third kappa shape index (κ3) is 2.93. The van der Waals surface area contributed by atoms with Gasteiger partial charge in [0.25, 0.3) is 5.91 Å². The van der Waals surface area contributed by atoms with Gasteiger partial charge >= 0.3 is 0 Å². The molecule has 1 aromatic carbocycles. The first-order valence-electron chi connectivity index (χ1n) is 7.24. The minimum atomic E-state index is -0.780. The van der Waals surface area contributed by atoms with Gasteiger partial charge in [0.15, 0.2) is 17.1 Å². The molecule has 0 spiro atoms. The number of aryl methyl sites for hydroxylation is 1. The van der Waals surface area contributed by atoms with E-state index in [9.17, 15) is 9.90 Å². The lowest BCUT2D eigenvalue weighted by atomic mass is 10.2. The third-order valence-electron chi connectivity index (χ3n) is 3.73. The molecule has 0 aliphatic heterocycles. The maximum Gasteiger partial charge on any atom is 0.287 e. The highest BCUT2D eigenvalue weighted by Gasteiger charge is 2.17. The van der Waals surface area contributed by atoms with Crippen LogP contribution in [-0.4, -0.2) is 29.2 Å². The molecule has 6 nitrogen and oxygen atoms in total. The van der Waals surface area contributed by atoms with E-state index in [1.807, 2.05) is 42.1 Å².